The third-order valence-electron chi connectivity index (χ3n) is 5.47. The zero-order valence-corrected chi connectivity index (χ0v) is 16.3. The molecular weight excluding hydrogens is 406 g/mol. The lowest BCUT2D eigenvalue weighted by Crippen LogP contribution is -2.49. The van der Waals surface area contributed by atoms with Gasteiger partial charge in [0, 0.05) is 25.2 Å². The molecule has 1 fully saturated rings. The van der Waals surface area contributed by atoms with Gasteiger partial charge in [-0.05, 0) is 48.2 Å². The number of halogens is 6. The molecule has 0 unspecified atom stereocenters. The van der Waals surface area contributed by atoms with Crippen molar-refractivity contribution in [2.24, 2.45) is 0 Å². The minimum absolute atomic E-state index is 0.149. The van der Waals surface area contributed by atoms with Gasteiger partial charge < -0.3 is 10.6 Å². The van der Waals surface area contributed by atoms with E-state index in [-0.39, 0.29) is 12.1 Å². The van der Waals surface area contributed by atoms with Crippen molar-refractivity contribution < 1.29 is 26.3 Å². The lowest BCUT2D eigenvalue weighted by Gasteiger charge is -2.33. The topological polar surface area (TPSA) is 24.1 Å². The van der Waals surface area contributed by atoms with Crippen molar-refractivity contribution in [3.05, 3.63) is 70.8 Å². The van der Waals surface area contributed by atoms with Crippen molar-refractivity contribution in [2.75, 3.05) is 0 Å². The second kappa shape index (κ2) is 9.39. The highest BCUT2D eigenvalue weighted by Gasteiger charge is 2.31. The third-order valence-corrected chi connectivity index (χ3v) is 5.47. The summed E-state index contributed by atoms with van der Waals surface area (Å²) in [5, 5.41) is 6.84. The van der Waals surface area contributed by atoms with Crippen molar-refractivity contribution in [1.29, 1.82) is 0 Å². The Labute approximate surface area is 171 Å². The largest absolute Gasteiger partial charge is 0.416 e. The minimum atomic E-state index is -4.34. The number of hydrogen-bond acceptors (Lipinski definition) is 2. The first-order valence-electron chi connectivity index (χ1n) is 9.92. The van der Waals surface area contributed by atoms with E-state index in [1.165, 1.54) is 24.3 Å². The molecule has 0 aliphatic heterocycles. The summed E-state index contributed by atoms with van der Waals surface area (Å²) in [6, 6.07) is 10.5. The average molecular weight is 430 g/mol. The van der Waals surface area contributed by atoms with Crippen molar-refractivity contribution in [3.8, 4) is 0 Å². The summed E-state index contributed by atoms with van der Waals surface area (Å²) < 4.78 is 76.0. The number of benzene rings is 2. The van der Waals surface area contributed by atoms with Crippen molar-refractivity contribution in [3.63, 3.8) is 0 Å². The van der Waals surface area contributed by atoms with Gasteiger partial charge in [-0.1, -0.05) is 37.1 Å². The van der Waals surface area contributed by atoms with Gasteiger partial charge >= 0.3 is 12.4 Å². The average Bonchev–Trinajstić information content (AvgIpc) is 2.70. The van der Waals surface area contributed by atoms with E-state index < -0.39 is 23.5 Å². The van der Waals surface area contributed by atoms with E-state index in [0.29, 0.717) is 13.1 Å². The normalized spacial score (nSPS) is 20.3. The second-order valence-corrected chi connectivity index (χ2v) is 7.65. The number of hydrogen-bond donors (Lipinski definition) is 2. The fourth-order valence-corrected chi connectivity index (χ4v) is 3.74. The molecule has 164 valence electrons. The van der Waals surface area contributed by atoms with Crippen molar-refractivity contribution in [1.82, 2.24) is 10.6 Å². The molecule has 2 atom stereocenters. The Balaban J connectivity index is 1.53. The van der Waals surface area contributed by atoms with E-state index in [9.17, 15) is 26.3 Å². The van der Waals surface area contributed by atoms with E-state index in [1.54, 1.807) is 0 Å². The van der Waals surface area contributed by atoms with Gasteiger partial charge in [-0.15, -0.1) is 0 Å². The van der Waals surface area contributed by atoms with Crippen molar-refractivity contribution in [2.45, 2.75) is 63.2 Å². The maximum absolute atomic E-state index is 12.7. The molecule has 30 heavy (non-hydrogen) atoms. The van der Waals surface area contributed by atoms with Crippen LogP contribution in [-0.2, 0) is 25.4 Å². The summed E-state index contributed by atoms with van der Waals surface area (Å²) in [4.78, 5) is 0. The minimum Gasteiger partial charge on any atom is -0.308 e. The van der Waals surface area contributed by atoms with E-state index in [2.05, 4.69) is 10.6 Å². The molecule has 1 aliphatic rings. The smallest absolute Gasteiger partial charge is 0.308 e. The molecule has 1 aliphatic carbocycles. The number of nitrogens with one attached hydrogen (secondary N) is 2. The summed E-state index contributed by atoms with van der Waals surface area (Å²) >= 11 is 0. The molecule has 2 N–H and O–H groups in total. The molecule has 0 radical (unpaired) electrons. The molecule has 0 spiro atoms. The number of alkyl halides is 6. The third kappa shape index (κ3) is 6.22. The lowest BCUT2D eigenvalue weighted by atomic mass is 9.90. The first kappa shape index (κ1) is 22.6. The maximum Gasteiger partial charge on any atom is 0.416 e. The SMILES string of the molecule is FC(F)(F)c1ccc(CN[C@H]2CCCC[C@@H]2NCc2ccc(C(F)(F)F)cc2)cc1. The van der Waals surface area contributed by atoms with E-state index >= 15 is 0 Å². The quantitative estimate of drug-likeness (QED) is 0.557. The van der Waals surface area contributed by atoms with Gasteiger partial charge in [-0.2, -0.15) is 26.3 Å². The molecule has 2 nitrogen and oxygen atoms in total. The van der Waals surface area contributed by atoms with Gasteiger partial charge in [0.25, 0.3) is 0 Å². The van der Waals surface area contributed by atoms with Crippen LogP contribution in [0.4, 0.5) is 26.3 Å². The summed E-state index contributed by atoms with van der Waals surface area (Å²) in [6.07, 6.45) is -4.70. The van der Waals surface area contributed by atoms with Gasteiger partial charge in [0.05, 0.1) is 11.1 Å². The van der Waals surface area contributed by atoms with E-state index in [0.717, 1.165) is 61.1 Å². The molecular formula is C22H24F6N2. The molecule has 3 rings (SSSR count). The summed E-state index contributed by atoms with van der Waals surface area (Å²) in [6.45, 7) is 0.919. The predicted molar refractivity (Wildman–Crippen MR) is 103 cm³/mol. The molecule has 0 saturated heterocycles. The van der Waals surface area contributed by atoms with Gasteiger partial charge in [0.15, 0.2) is 0 Å². The van der Waals surface area contributed by atoms with Gasteiger partial charge in [0.2, 0.25) is 0 Å². The Morgan fingerprint density at radius 3 is 1.23 bits per heavy atom. The summed E-state index contributed by atoms with van der Waals surface area (Å²) in [7, 11) is 0. The van der Waals surface area contributed by atoms with Crippen LogP contribution in [0.3, 0.4) is 0 Å². The summed E-state index contributed by atoms with van der Waals surface area (Å²) in [5.74, 6) is 0. The van der Waals surface area contributed by atoms with Crippen LogP contribution in [0.15, 0.2) is 48.5 Å². The first-order chi connectivity index (χ1) is 14.1. The van der Waals surface area contributed by atoms with Crippen LogP contribution in [0, 0.1) is 0 Å². The second-order valence-electron chi connectivity index (χ2n) is 7.65. The molecule has 0 amide bonds. The highest BCUT2D eigenvalue weighted by Crippen LogP contribution is 2.30. The molecule has 0 aromatic heterocycles. The van der Waals surface area contributed by atoms with Crippen LogP contribution in [0.25, 0.3) is 0 Å². The zero-order chi connectivity index (χ0) is 21.8. The highest BCUT2D eigenvalue weighted by molar-refractivity contribution is 5.25. The molecule has 1 saturated carbocycles. The molecule has 2 aromatic rings. The Hall–Kier alpha value is -2.06. The van der Waals surface area contributed by atoms with Crippen molar-refractivity contribution >= 4 is 0 Å². The van der Waals surface area contributed by atoms with Gasteiger partial charge in [-0.3, -0.25) is 0 Å². The van der Waals surface area contributed by atoms with Gasteiger partial charge in [-0.25, -0.2) is 0 Å². The van der Waals surface area contributed by atoms with E-state index in [1.807, 2.05) is 0 Å². The van der Waals surface area contributed by atoms with Crippen LogP contribution in [0.5, 0.6) is 0 Å². The molecule has 8 heteroatoms. The summed E-state index contributed by atoms with van der Waals surface area (Å²) in [5.41, 5.74) is 0.213. The fraction of sp³-hybridized carbons (Fsp3) is 0.455. The maximum atomic E-state index is 12.7. The monoisotopic (exact) mass is 430 g/mol. The van der Waals surface area contributed by atoms with Gasteiger partial charge in [0.1, 0.15) is 0 Å². The molecule has 0 bridgehead atoms. The van der Waals surface area contributed by atoms with Crippen LogP contribution in [-0.4, -0.2) is 12.1 Å². The standard InChI is InChI=1S/C22H24F6N2/c23-21(24,25)17-9-5-15(6-10-17)13-29-19-3-1-2-4-20(19)30-14-16-7-11-18(12-8-16)22(26,27)28/h5-12,19-20,29-30H,1-4,13-14H2/t19-,20-/m0/s1. The Morgan fingerprint density at radius 2 is 0.933 bits per heavy atom. The first-order valence-corrected chi connectivity index (χ1v) is 9.92. The highest BCUT2D eigenvalue weighted by atomic mass is 19.4. The van der Waals surface area contributed by atoms with Crippen LogP contribution in [0.2, 0.25) is 0 Å². The molecule has 0 heterocycles. The Morgan fingerprint density at radius 1 is 0.600 bits per heavy atom. The van der Waals surface area contributed by atoms with E-state index in [4.69, 9.17) is 0 Å². The fourth-order valence-electron chi connectivity index (χ4n) is 3.74. The molecule has 2 aromatic carbocycles. The lowest BCUT2D eigenvalue weighted by molar-refractivity contribution is -0.138. The van der Waals surface area contributed by atoms with Crippen LogP contribution < -0.4 is 10.6 Å². The van der Waals surface area contributed by atoms with Crippen LogP contribution >= 0.6 is 0 Å². The Bertz CT molecular complexity index is 727. The predicted octanol–water partition coefficient (Wildman–Crippen LogP) is 5.91. The zero-order valence-electron chi connectivity index (χ0n) is 16.3. The van der Waals surface area contributed by atoms with Crippen LogP contribution in [0.1, 0.15) is 47.9 Å². The Kier molecular flexibility index (Phi) is 7.08. The number of rotatable bonds is 6.